The number of aromatic nitrogens is 1. The van der Waals surface area contributed by atoms with E-state index in [1.807, 2.05) is 0 Å². The number of hydrogen-bond donors (Lipinski definition) is 2. The van der Waals surface area contributed by atoms with Crippen LogP contribution in [0.1, 0.15) is 18.1 Å². The van der Waals surface area contributed by atoms with Crippen LogP contribution in [0.5, 0.6) is 0 Å². The standard InChI is InChI=1S/C18H14Cl4N4O3/c1-8-12(21)6-23-15(14(8)22)24-13(27)7-26-16(28)18(2,25-17(26)29)9-3-4-10(19)11(20)5-9/h3-6H,7H2,1-2H3,(H,25,29)(H,23,24,27). The number of rotatable bonds is 4. The number of carbonyl (C=O) groups is 3. The third-order valence-electron chi connectivity index (χ3n) is 4.53. The average molecular weight is 476 g/mol. The van der Waals surface area contributed by atoms with E-state index in [9.17, 15) is 14.4 Å². The van der Waals surface area contributed by atoms with E-state index < -0.39 is 29.9 Å². The van der Waals surface area contributed by atoms with Crippen LogP contribution >= 0.6 is 46.4 Å². The summed E-state index contributed by atoms with van der Waals surface area (Å²) in [6.45, 7) is 2.66. The Hall–Kier alpha value is -2.06. The first-order valence-corrected chi connectivity index (χ1v) is 9.76. The molecule has 0 aliphatic carbocycles. The average Bonchev–Trinajstić information content (AvgIpc) is 2.88. The molecule has 4 amide bonds. The molecule has 1 fully saturated rings. The number of benzene rings is 1. The van der Waals surface area contributed by atoms with Crippen LogP contribution in [0, 0.1) is 6.92 Å². The van der Waals surface area contributed by atoms with Crippen LogP contribution < -0.4 is 10.6 Å². The lowest BCUT2D eigenvalue weighted by Gasteiger charge is -2.22. The highest BCUT2D eigenvalue weighted by atomic mass is 35.5. The van der Waals surface area contributed by atoms with Crippen LogP contribution in [0.2, 0.25) is 20.1 Å². The van der Waals surface area contributed by atoms with Gasteiger partial charge in [0.05, 0.1) is 20.1 Å². The monoisotopic (exact) mass is 474 g/mol. The number of nitrogens with one attached hydrogen (secondary N) is 2. The van der Waals surface area contributed by atoms with E-state index in [4.69, 9.17) is 46.4 Å². The summed E-state index contributed by atoms with van der Waals surface area (Å²) >= 11 is 24.0. The topological polar surface area (TPSA) is 91.4 Å². The van der Waals surface area contributed by atoms with E-state index in [2.05, 4.69) is 15.6 Å². The van der Waals surface area contributed by atoms with Crippen molar-refractivity contribution in [2.24, 2.45) is 0 Å². The van der Waals surface area contributed by atoms with Crippen molar-refractivity contribution in [1.82, 2.24) is 15.2 Å². The van der Waals surface area contributed by atoms with Crippen LogP contribution in [-0.2, 0) is 15.1 Å². The lowest BCUT2D eigenvalue weighted by atomic mass is 9.92. The Morgan fingerprint density at radius 2 is 1.86 bits per heavy atom. The first-order chi connectivity index (χ1) is 13.5. The van der Waals surface area contributed by atoms with Crippen molar-refractivity contribution < 1.29 is 14.4 Å². The zero-order valence-corrected chi connectivity index (χ0v) is 18.2. The number of pyridine rings is 1. The van der Waals surface area contributed by atoms with Gasteiger partial charge in [-0.05, 0) is 37.1 Å². The number of nitrogens with zero attached hydrogens (tertiary/aromatic N) is 2. The molecule has 29 heavy (non-hydrogen) atoms. The summed E-state index contributed by atoms with van der Waals surface area (Å²) < 4.78 is 0. The van der Waals surface area contributed by atoms with Crippen molar-refractivity contribution in [2.45, 2.75) is 19.4 Å². The first kappa shape index (κ1) is 21.6. The van der Waals surface area contributed by atoms with E-state index in [-0.39, 0.29) is 15.9 Å². The van der Waals surface area contributed by atoms with Gasteiger partial charge >= 0.3 is 6.03 Å². The minimum Gasteiger partial charge on any atom is -0.319 e. The van der Waals surface area contributed by atoms with E-state index in [0.717, 1.165) is 4.90 Å². The normalized spacial score (nSPS) is 18.8. The molecule has 152 valence electrons. The van der Waals surface area contributed by atoms with E-state index in [1.54, 1.807) is 13.0 Å². The fourth-order valence-electron chi connectivity index (χ4n) is 2.80. The second kappa shape index (κ2) is 7.99. The minimum atomic E-state index is -1.39. The molecule has 2 N–H and O–H groups in total. The highest BCUT2D eigenvalue weighted by molar-refractivity contribution is 6.42. The molecule has 2 heterocycles. The molecule has 0 saturated carbocycles. The number of amides is 4. The van der Waals surface area contributed by atoms with Gasteiger partial charge in [-0.25, -0.2) is 9.78 Å². The van der Waals surface area contributed by atoms with Crippen molar-refractivity contribution in [2.75, 3.05) is 11.9 Å². The zero-order chi connectivity index (χ0) is 21.5. The molecule has 2 aromatic rings. The van der Waals surface area contributed by atoms with Gasteiger partial charge in [-0.3, -0.25) is 14.5 Å². The quantitative estimate of drug-likeness (QED) is 0.640. The molecular formula is C18H14Cl4N4O3. The van der Waals surface area contributed by atoms with Crippen molar-refractivity contribution in [3.8, 4) is 0 Å². The first-order valence-electron chi connectivity index (χ1n) is 8.24. The summed E-state index contributed by atoms with van der Waals surface area (Å²) in [5.74, 6) is -1.18. The van der Waals surface area contributed by atoms with Gasteiger partial charge in [-0.1, -0.05) is 52.5 Å². The molecule has 1 saturated heterocycles. The number of carbonyl (C=O) groups excluding carboxylic acids is 3. The smallest absolute Gasteiger partial charge is 0.319 e. The molecule has 3 rings (SSSR count). The highest BCUT2D eigenvalue weighted by Crippen LogP contribution is 2.33. The molecule has 1 aliphatic heterocycles. The Morgan fingerprint density at radius 3 is 2.52 bits per heavy atom. The summed E-state index contributed by atoms with van der Waals surface area (Å²) in [6.07, 6.45) is 1.34. The maximum Gasteiger partial charge on any atom is 0.325 e. The van der Waals surface area contributed by atoms with Crippen LogP contribution in [0.15, 0.2) is 24.4 Å². The molecule has 7 nitrogen and oxygen atoms in total. The molecule has 1 atom stereocenters. The SMILES string of the molecule is Cc1c(Cl)cnc(NC(=O)CN2C(=O)NC(C)(c3ccc(Cl)c(Cl)c3)C2=O)c1Cl. The van der Waals surface area contributed by atoms with Crippen LogP contribution in [0.25, 0.3) is 0 Å². The fourth-order valence-corrected chi connectivity index (χ4v) is 3.49. The third-order valence-corrected chi connectivity index (χ3v) is 6.12. The largest absolute Gasteiger partial charge is 0.325 e. The summed E-state index contributed by atoms with van der Waals surface area (Å²) in [4.78, 5) is 42.4. The van der Waals surface area contributed by atoms with Crippen LogP contribution in [-0.4, -0.2) is 34.3 Å². The van der Waals surface area contributed by atoms with Gasteiger partial charge in [0, 0.05) is 6.20 Å². The Kier molecular flexibility index (Phi) is 5.96. The zero-order valence-electron chi connectivity index (χ0n) is 15.1. The summed E-state index contributed by atoms with van der Waals surface area (Å²) in [6, 6.07) is 3.88. The van der Waals surface area contributed by atoms with Gasteiger partial charge in [-0.15, -0.1) is 0 Å². The maximum absolute atomic E-state index is 12.9. The van der Waals surface area contributed by atoms with Gasteiger partial charge in [0.2, 0.25) is 5.91 Å². The third kappa shape index (κ3) is 4.00. The van der Waals surface area contributed by atoms with Gasteiger partial charge in [0.25, 0.3) is 5.91 Å². The van der Waals surface area contributed by atoms with E-state index in [1.165, 1.54) is 25.3 Å². The minimum absolute atomic E-state index is 0.0814. The van der Waals surface area contributed by atoms with Crippen molar-refractivity contribution in [1.29, 1.82) is 0 Å². The van der Waals surface area contributed by atoms with Gasteiger partial charge < -0.3 is 10.6 Å². The van der Waals surface area contributed by atoms with Crippen LogP contribution in [0.4, 0.5) is 10.6 Å². The fraction of sp³-hybridized carbons (Fsp3) is 0.222. The summed E-state index contributed by atoms with van der Waals surface area (Å²) in [5.41, 5.74) is -0.412. The summed E-state index contributed by atoms with van der Waals surface area (Å²) in [5, 5.41) is 6.13. The van der Waals surface area contributed by atoms with E-state index >= 15 is 0 Å². The Balaban J connectivity index is 1.79. The molecule has 11 heteroatoms. The predicted molar refractivity (Wildman–Crippen MR) is 112 cm³/mol. The second-order valence-electron chi connectivity index (χ2n) is 6.52. The van der Waals surface area contributed by atoms with Crippen molar-refractivity contribution in [3.05, 3.63) is 55.6 Å². The maximum atomic E-state index is 12.9. The molecular weight excluding hydrogens is 462 g/mol. The highest BCUT2D eigenvalue weighted by Gasteiger charge is 2.49. The molecule has 0 spiro atoms. The second-order valence-corrected chi connectivity index (χ2v) is 8.12. The molecule has 1 aromatic carbocycles. The lowest BCUT2D eigenvalue weighted by Crippen LogP contribution is -2.42. The van der Waals surface area contributed by atoms with Gasteiger partial charge in [0.1, 0.15) is 12.1 Å². The molecule has 0 radical (unpaired) electrons. The lowest BCUT2D eigenvalue weighted by molar-refractivity contribution is -0.133. The number of urea groups is 1. The molecule has 1 aromatic heterocycles. The van der Waals surface area contributed by atoms with Crippen molar-refractivity contribution >= 4 is 70.1 Å². The van der Waals surface area contributed by atoms with Crippen molar-refractivity contribution in [3.63, 3.8) is 0 Å². The summed E-state index contributed by atoms with van der Waals surface area (Å²) in [7, 11) is 0. The molecule has 1 unspecified atom stereocenters. The molecule has 1 aliphatic rings. The number of imide groups is 1. The Labute approximate surface area is 186 Å². The number of halogens is 4. The number of hydrogen-bond acceptors (Lipinski definition) is 4. The predicted octanol–water partition coefficient (Wildman–Crippen LogP) is 4.41. The molecule has 0 bridgehead atoms. The van der Waals surface area contributed by atoms with Crippen LogP contribution in [0.3, 0.4) is 0 Å². The Morgan fingerprint density at radius 1 is 1.17 bits per heavy atom. The van der Waals surface area contributed by atoms with Gasteiger partial charge in [0.15, 0.2) is 5.82 Å². The van der Waals surface area contributed by atoms with E-state index in [0.29, 0.717) is 21.2 Å². The van der Waals surface area contributed by atoms with Gasteiger partial charge in [-0.2, -0.15) is 0 Å². The number of anilines is 1. The Bertz CT molecular complexity index is 1050.